The summed E-state index contributed by atoms with van der Waals surface area (Å²) in [6, 6.07) is 25.4. The maximum atomic E-state index is 13.0. The van der Waals surface area contributed by atoms with Crippen molar-refractivity contribution >= 4 is 23.3 Å². The van der Waals surface area contributed by atoms with E-state index in [1.165, 1.54) is 0 Å². The smallest absolute Gasteiger partial charge is 0.251 e. The monoisotopic (exact) mass is 353 g/mol. The Hall–Kier alpha value is -3.66. The Morgan fingerprint density at radius 1 is 0.926 bits per heavy atom. The number of hydrogen-bond donors (Lipinski definition) is 0. The number of anilines is 1. The molecule has 0 bridgehead atoms. The highest BCUT2D eigenvalue weighted by atomic mass is 16.2. The molecular weight excluding hydrogens is 334 g/mol. The van der Waals surface area contributed by atoms with Crippen LogP contribution < -0.4 is 4.90 Å². The fraction of sp³-hybridized carbons (Fsp3) is 0.0435. The number of aromatic nitrogens is 2. The number of para-hydroxylation sites is 1. The molecule has 4 aromatic rings. The molecule has 27 heavy (non-hydrogen) atoms. The fourth-order valence-corrected chi connectivity index (χ4v) is 2.99. The summed E-state index contributed by atoms with van der Waals surface area (Å²) < 4.78 is 2.00. The second-order valence-electron chi connectivity index (χ2n) is 6.18. The summed E-state index contributed by atoms with van der Waals surface area (Å²) in [7, 11) is 0. The lowest BCUT2D eigenvalue weighted by Crippen LogP contribution is -2.29. The highest BCUT2D eigenvalue weighted by Gasteiger charge is 2.16. The summed E-state index contributed by atoms with van der Waals surface area (Å²) in [4.78, 5) is 19.2. The molecule has 0 aliphatic rings. The number of rotatable bonds is 5. The van der Waals surface area contributed by atoms with Gasteiger partial charge in [0.1, 0.15) is 5.65 Å². The van der Waals surface area contributed by atoms with Gasteiger partial charge in [0.25, 0.3) is 5.91 Å². The van der Waals surface area contributed by atoms with E-state index in [9.17, 15) is 4.79 Å². The van der Waals surface area contributed by atoms with Crippen LogP contribution in [-0.2, 0) is 11.3 Å². The standard InChI is InChI=1S/C23H19N3O/c27-23(15-14-19-9-3-1-4-10-19)26(20-11-5-2-6-12-20)18-21-17-24-22-13-7-8-16-25(21)22/h1-17H,18H2. The Morgan fingerprint density at radius 3 is 2.41 bits per heavy atom. The number of fused-ring (bicyclic) bond motifs is 1. The van der Waals surface area contributed by atoms with Gasteiger partial charge in [0.05, 0.1) is 18.4 Å². The third-order valence-corrected chi connectivity index (χ3v) is 4.37. The first kappa shape index (κ1) is 16.8. The fourth-order valence-electron chi connectivity index (χ4n) is 2.99. The van der Waals surface area contributed by atoms with E-state index in [0.717, 1.165) is 22.6 Å². The van der Waals surface area contributed by atoms with Crippen LogP contribution in [-0.4, -0.2) is 15.3 Å². The molecule has 0 spiro atoms. The van der Waals surface area contributed by atoms with Crippen LogP contribution in [0.1, 0.15) is 11.3 Å². The molecule has 0 fully saturated rings. The molecule has 0 unspecified atom stereocenters. The summed E-state index contributed by atoms with van der Waals surface area (Å²) in [5, 5.41) is 0. The Balaban J connectivity index is 1.65. The van der Waals surface area contributed by atoms with E-state index in [-0.39, 0.29) is 5.91 Å². The summed E-state index contributed by atoms with van der Waals surface area (Å²) in [5.74, 6) is -0.0732. The van der Waals surface area contributed by atoms with Crippen molar-refractivity contribution in [2.75, 3.05) is 4.90 Å². The zero-order valence-corrected chi connectivity index (χ0v) is 14.8. The Kier molecular flexibility index (Phi) is 4.79. The number of carbonyl (C=O) groups is 1. The van der Waals surface area contributed by atoms with Crippen molar-refractivity contribution in [3.63, 3.8) is 0 Å². The molecule has 4 rings (SSSR count). The SMILES string of the molecule is O=C(C=Cc1ccccc1)N(Cc1cnc2ccccn12)c1ccccc1. The average Bonchev–Trinajstić information content (AvgIpc) is 3.14. The molecule has 0 saturated heterocycles. The molecule has 2 aromatic carbocycles. The van der Waals surface area contributed by atoms with E-state index in [0.29, 0.717) is 6.54 Å². The number of hydrogen-bond acceptors (Lipinski definition) is 2. The lowest BCUT2D eigenvalue weighted by molar-refractivity contribution is -0.114. The molecule has 0 radical (unpaired) electrons. The van der Waals surface area contributed by atoms with Gasteiger partial charge in [-0.25, -0.2) is 4.98 Å². The van der Waals surface area contributed by atoms with E-state index in [1.54, 1.807) is 11.0 Å². The maximum Gasteiger partial charge on any atom is 0.251 e. The zero-order valence-electron chi connectivity index (χ0n) is 14.8. The van der Waals surface area contributed by atoms with Gasteiger partial charge < -0.3 is 9.30 Å². The van der Waals surface area contributed by atoms with Crippen LogP contribution in [0.25, 0.3) is 11.7 Å². The Morgan fingerprint density at radius 2 is 1.63 bits per heavy atom. The maximum absolute atomic E-state index is 13.0. The van der Waals surface area contributed by atoms with Crippen molar-refractivity contribution in [3.8, 4) is 0 Å². The lowest BCUT2D eigenvalue weighted by Gasteiger charge is -2.21. The predicted octanol–water partition coefficient (Wildman–Crippen LogP) is 4.58. The van der Waals surface area contributed by atoms with Crippen molar-refractivity contribution in [2.24, 2.45) is 0 Å². The number of amides is 1. The topological polar surface area (TPSA) is 37.6 Å². The van der Waals surface area contributed by atoms with Gasteiger partial charge in [0.2, 0.25) is 0 Å². The number of pyridine rings is 1. The molecule has 1 amide bonds. The molecule has 4 heteroatoms. The van der Waals surface area contributed by atoms with E-state index in [4.69, 9.17) is 0 Å². The van der Waals surface area contributed by atoms with E-state index < -0.39 is 0 Å². The molecule has 2 heterocycles. The van der Waals surface area contributed by atoms with Crippen molar-refractivity contribution in [2.45, 2.75) is 6.54 Å². The Bertz CT molecular complexity index is 1070. The summed E-state index contributed by atoms with van der Waals surface area (Å²) in [6.45, 7) is 0.438. The molecule has 0 aliphatic heterocycles. The minimum Gasteiger partial charge on any atom is -0.303 e. The number of carbonyl (C=O) groups excluding carboxylic acids is 1. The first-order chi connectivity index (χ1) is 13.3. The van der Waals surface area contributed by atoms with E-state index in [1.807, 2.05) is 102 Å². The summed E-state index contributed by atoms with van der Waals surface area (Å²) in [6.07, 6.45) is 7.24. The first-order valence-corrected chi connectivity index (χ1v) is 8.82. The van der Waals surface area contributed by atoms with Gasteiger partial charge in [0.15, 0.2) is 0 Å². The quantitative estimate of drug-likeness (QED) is 0.493. The highest BCUT2D eigenvalue weighted by Crippen LogP contribution is 2.19. The van der Waals surface area contributed by atoms with Gasteiger partial charge in [-0.3, -0.25) is 4.79 Å². The van der Waals surface area contributed by atoms with Crippen molar-refractivity contribution in [3.05, 3.63) is 109 Å². The molecule has 0 saturated carbocycles. The van der Waals surface area contributed by atoms with Gasteiger partial charge in [-0.15, -0.1) is 0 Å². The third kappa shape index (κ3) is 3.80. The van der Waals surface area contributed by atoms with Crippen LogP contribution in [0.4, 0.5) is 5.69 Å². The molecular formula is C23H19N3O. The van der Waals surface area contributed by atoms with Crippen LogP contribution >= 0.6 is 0 Å². The van der Waals surface area contributed by atoms with Crippen molar-refractivity contribution in [1.82, 2.24) is 9.38 Å². The van der Waals surface area contributed by atoms with Crippen LogP contribution in [0.3, 0.4) is 0 Å². The van der Waals surface area contributed by atoms with E-state index in [2.05, 4.69) is 4.98 Å². The van der Waals surface area contributed by atoms with Crippen molar-refractivity contribution in [1.29, 1.82) is 0 Å². The normalized spacial score (nSPS) is 11.1. The number of imidazole rings is 1. The number of nitrogens with zero attached hydrogens (tertiary/aromatic N) is 3. The molecule has 0 aliphatic carbocycles. The minimum atomic E-state index is -0.0732. The van der Waals surface area contributed by atoms with Crippen LogP contribution in [0.15, 0.2) is 97.3 Å². The zero-order chi connectivity index (χ0) is 18.5. The van der Waals surface area contributed by atoms with Crippen molar-refractivity contribution < 1.29 is 4.79 Å². The first-order valence-electron chi connectivity index (χ1n) is 8.82. The molecule has 2 aromatic heterocycles. The molecule has 132 valence electrons. The van der Waals surface area contributed by atoms with Gasteiger partial charge in [-0.1, -0.05) is 54.6 Å². The molecule has 4 nitrogen and oxygen atoms in total. The Labute approximate surface area is 158 Å². The molecule has 0 N–H and O–H groups in total. The van der Waals surface area contributed by atoms with E-state index >= 15 is 0 Å². The average molecular weight is 353 g/mol. The highest BCUT2D eigenvalue weighted by molar-refractivity contribution is 6.03. The van der Waals surface area contributed by atoms with Gasteiger partial charge in [0, 0.05) is 18.0 Å². The minimum absolute atomic E-state index is 0.0732. The lowest BCUT2D eigenvalue weighted by atomic mass is 10.2. The van der Waals surface area contributed by atoms with Gasteiger partial charge in [-0.05, 0) is 35.9 Å². The molecule has 0 atom stereocenters. The summed E-state index contributed by atoms with van der Waals surface area (Å²) >= 11 is 0. The summed E-state index contributed by atoms with van der Waals surface area (Å²) in [5.41, 5.74) is 3.67. The number of benzene rings is 2. The third-order valence-electron chi connectivity index (χ3n) is 4.37. The van der Waals surface area contributed by atoms with Gasteiger partial charge in [-0.2, -0.15) is 0 Å². The van der Waals surface area contributed by atoms with Crippen LogP contribution in [0, 0.1) is 0 Å². The van der Waals surface area contributed by atoms with Crippen LogP contribution in [0.2, 0.25) is 0 Å². The van der Waals surface area contributed by atoms with Gasteiger partial charge >= 0.3 is 0 Å². The second-order valence-corrected chi connectivity index (χ2v) is 6.18. The largest absolute Gasteiger partial charge is 0.303 e. The second kappa shape index (κ2) is 7.70. The predicted molar refractivity (Wildman–Crippen MR) is 108 cm³/mol. The van der Waals surface area contributed by atoms with Crippen LogP contribution in [0.5, 0.6) is 0 Å².